The molecule has 0 radical (unpaired) electrons. The van der Waals surface area contributed by atoms with E-state index >= 15 is 0 Å². The van der Waals surface area contributed by atoms with E-state index in [4.69, 9.17) is 11.6 Å². The molecule has 0 aliphatic heterocycles. The van der Waals surface area contributed by atoms with Crippen molar-refractivity contribution in [1.29, 1.82) is 0 Å². The Balaban J connectivity index is 2.48. The molecule has 0 spiro atoms. The molecule has 1 amide bonds. The number of para-hydroxylation sites is 1. The van der Waals surface area contributed by atoms with E-state index in [1.165, 1.54) is 0 Å². The molecule has 6 nitrogen and oxygen atoms in total. The lowest BCUT2D eigenvalue weighted by molar-refractivity contribution is -0.121. The Kier molecular flexibility index (Phi) is 4.01. The second-order valence-electron chi connectivity index (χ2n) is 4.50. The lowest BCUT2D eigenvalue weighted by Gasteiger charge is -2.07. The summed E-state index contributed by atoms with van der Waals surface area (Å²) in [4.78, 5) is 16.1. The predicted octanol–water partition coefficient (Wildman–Crippen LogP) is 0.951. The number of nitrogens with two attached hydrogens (primary N) is 2. The summed E-state index contributed by atoms with van der Waals surface area (Å²) in [5, 5.41) is 0. The van der Waals surface area contributed by atoms with Crippen LogP contribution < -0.4 is 17.0 Å². The second-order valence-corrected chi connectivity index (χ2v) is 4.50. The number of benzene rings is 1. The van der Waals surface area contributed by atoms with Crippen LogP contribution in [0.25, 0.3) is 11.0 Å². The summed E-state index contributed by atoms with van der Waals surface area (Å²) in [5.41, 5.74) is 10.3. The van der Waals surface area contributed by atoms with Crippen LogP contribution in [0.3, 0.4) is 0 Å². The smallest absolute Gasteiger partial charge is 0.253 e. The van der Waals surface area contributed by atoms with Crippen LogP contribution in [-0.2, 0) is 17.8 Å². The molecule has 0 unspecified atom stereocenters. The minimum absolute atomic E-state index is 0.162. The maximum atomic E-state index is 11.5. The summed E-state index contributed by atoms with van der Waals surface area (Å²) < 4.78 is 1.88. The van der Waals surface area contributed by atoms with E-state index in [0.717, 1.165) is 36.1 Å². The van der Waals surface area contributed by atoms with Crippen LogP contribution in [0.5, 0.6) is 0 Å². The fourth-order valence-electron chi connectivity index (χ4n) is 2.11. The minimum atomic E-state index is -0.250. The van der Waals surface area contributed by atoms with Gasteiger partial charge in [-0.15, -0.1) is 0 Å². The molecule has 0 aliphatic carbocycles. The third kappa shape index (κ3) is 2.68. The first-order valence-electron chi connectivity index (χ1n) is 6.40. The van der Waals surface area contributed by atoms with Gasteiger partial charge >= 0.3 is 0 Å². The number of amides is 1. The van der Waals surface area contributed by atoms with E-state index < -0.39 is 0 Å². The molecule has 1 heterocycles. The third-order valence-corrected chi connectivity index (χ3v) is 3.11. The Morgan fingerprint density at radius 3 is 2.95 bits per heavy atom. The lowest BCUT2D eigenvalue weighted by atomic mass is 10.2. The Hall–Kier alpha value is -2.08. The molecule has 2 aromatic rings. The SMILES string of the molecule is CCCCc1nc2c(N)cccc2n1CC(=O)NN. The zero-order chi connectivity index (χ0) is 13.8. The van der Waals surface area contributed by atoms with Crippen molar-refractivity contribution < 1.29 is 4.79 Å². The molecule has 0 bridgehead atoms. The van der Waals surface area contributed by atoms with Crippen molar-refractivity contribution in [3.05, 3.63) is 24.0 Å². The van der Waals surface area contributed by atoms with Crippen molar-refractivity contribution in [1.82, 2.24) is 15.0 Å². The summed E-state index contributed by atoms with van der Waals surface area (Å²) in [7, 11) is 0. The van der Waals surface area contributed by atoms with Gasteiger partial charge in [-0.3, -0.25) is 10.2 Å². The number of aromatic nitrogens is 2. The molecule has 102 valence electrons. The van der Waals surface area contributed by atoms with Gasteiger partial charge in [-0.1, -0.05) is 19.4 Å². The van der Waals surface area contributed by atoms with Crippen molar-refractivity contribution in [2.75, 3.05) is 5.73 Å². The minimum Gasteiger partial charge on any atom is -0.397 e. The van der Waals surface area contributed by atoms with Crippen molar-refractivity contribution in [3.8, 4) is 0 Å². The van der Waals surface area contributed by atoms with Crippen LogP contribution in [0.1, 0.15) is 25.6 Å². The number of rotatable bonds is 5. The number of carbonyl (C=O) groups excluding carboxylic acids is 1. The van der Waals surface area contributed by atoms with E-state index in [0.29, 0.717) is 5.69 Å². The van der Waals surface area contributed by atoms with Crippen LogP contribution in [0.15, 0.2) is 18.2 Å². The number of aryl methyl sites for hydroxylation is 1. The molecule has 0 atom stereocenters. The number of hydrogen-bond acceptors (Lipinski definition) is 4. The van der Waals surface area contributed by atoms with E-state index in [-0.39, 0.29) is 12.5 Å². The highest BCUT2D eigenvalue weighted by molar-refractivity contribution is 5.88. The van der Waals surface area contributed by atoms with Gasteiger partial charge in [0.2, 0.25) is 0 Å². The number of anilines is 1. The van der Waals surface area contributed by atoms with Crippen molar-refractivity contribution in [2.24, 2.45) is 5.84 Å². The lowest BCUT2D eigenvalue weighted by Crippen LogP contribution is -2.33. The van der Waals surface area contributed by atoms with E-state index in [2.05, 4.69) is 17.3 Å². The van der Waals surface area contributed by atoms with Crippen LogP contribution >= 0.6 is 0 Å². The highest BCUT2D eigenvalue weighted by Gasteiger charge is 2.14. The number of hydrazine groups is 1. The van der Waals surface area contributed by atoms with Gasteiger partial charge in [0, 0.05) is 6.42 Å². The van der Waals surface area contributed by atoms with Gasteiger partial charge < -0.3 is 10.3 Å². The third-order valence-electron chi connectivity index (χ3n) is 3.11. The fourth-order valence-corrected chi connectivity index (χ4v) is 2.11. The highest BCUT2D eigenvalue weighted by atomic mass is 16.2. The Labute approximate surface area is 111 Å². The van der Waals surface area contributed by atoms with E-state index in [9.17, 15) is 4.79 Å². The van der Waals surface area contributed by atoms with E-state index in [1.54, 1.807) is 0 Å². The van der Waals surface area contributed by atoms with Gasteiger partial charge in [0.1, 0.15) is 17.9 Å². The number of unbranched alkanes of at least 4 members (excludes halogenated alkanes) is 1. The number of nitrogens with one attached hydrogen (secondary N) is 1. The van der Waals surface area contributed by atoms with Gasteiger partial charge in [0.15, 0.2) is 0 Å². The summed E-state index contributed by atoms with van der Waals surface area (Å²) in [6, 6.07) is 5.59. The van der Waals surface area contributed by atoms with Gasteiger partial charge in [0.25, 0.3) is 5.91 Å². The van der Waals surface area contributed by atoms with Gasteiger partial charge in [-0.25, -0.2) is 10.8 Å². The molecule has 6 heteroatoms. The van der Waals surface area contributed by atoms with Gasteiger partial charge in [-0.2, -0.15) is 0 Å². The number of hydrogen-bond donors (Lipinski definition) is 3. The number of nitrogens with zero attached hydrogens (tertiary/aromatic N) is 2. The topological polar surface area (TPSA) is 99.0 Å². The molecule has 0 fully saturated rings. The summed E-state index contributed by atoms with van der Waals surface area (Å²) in [5.74, 6) is 5.78. The molecular weight excluding hydrogens is 242 g/mol. The Morgan fingerprint density at radius 2 is 2.26 bits per heavy atom. The number of imidazole rings is 1. The van der Waals surface area contributed by atoms with Crippen molar-refractivity contribution in [3.63, 3.8) is 0 Å². The monoisotopic (exact) mass is 261 g/mol. The molecule has 19 heavy (non-hydrogen) atoms. The Morgan fingerprint density at radius 1 is 1.47 bits per heavy atom. The maximum absolute atomic E-state index is 11.5. The van der Waals surface area contributed by atoms with E-state index in [1.807, 2.05) is 22.8 Å². The largest absolute Gasteiger partial charge is 0.397 e. The van der Waals surface area contributed by atoms with Gasteiger partial charge in [0.05, 0.1) is 11.2 Å². The maximum Gasteiger partial charge on any atom is 0.253 e. The van der Waals surface area contributed by atoms with Crippen molar-refractivity contribution in [2.45, 2.75) is 32.7 Å². The first-order valence-corrected chi connectivity index (χ1v) is 6.40. The average molecular weight is 261 g/mol. The van der Waals surface area contributed by atoms with Crippen LogP contribution in [0.2, 0.25) is 0 Å². The zero-order valence-corrected chi connectivity index (χ0v) is 11.0. The molecule has 5 N–H and O–H groups in total. The molecule has 0 saturated carbocycles. The number of carbonyl (C=O) groups is 1. The molecule has 0 saturated heterocycles. The standard InChI is InChI=1S/C13H19N5O/c1-2-3-7-11-16-13-9(14)5-4-6-10(13)18(11)8-12(19)17-15/h4-6H,2-3,7-8,14-15H2,1H3,(H,17,19). The van der Waals surface area contributed by atoms with Gasteiger partial charge in [-0.05, 0) is 18.6 Å². The second kappa shape index (κ2) is 5.71. The highest BCUT2D eigenvalue weighted by Crippen LogP contribution is 2.22. The first-order chi connectivity index (χ1) is 9.17. The average Bonchev–Trinajstić information content (AvgIpc) is 2.76. The molecule has 2 rings (SSSR count). The van der Waals surface area contributed by atoms with Crippen LogP contribution in [-0.4, -0.2) is 15.5 Å². The summed E-state index contributed by atoms with van der Waals surface area (Å²) in [6.07, 6.45) is 2.91. The quantitative estimate of drug-likeness (QED) is 0.323. The van der Waals surface area contributed by atoms with Crippen molar-refractivity contribution >= 4 is 22.6 Å². The fraction of sp³-hybridized carbons (Fsp3) is 0.385. The van der Waals surface area contributed by atoms with Crippen LogP contribution in [0.4, 0.5) is 5.69 Å². The first kappa shape index (κ1) is 13.4. The number of nitrogen functional groups attached to an aromatic ring is 1. The zero-order valence-electron chi connectivity index (χ0n) is 11.0. The van der Waals surface area contributed by atoms with Crippen LogP contribution in [0, 0.1) is 0 Å². The summed E-state index contributed by atoms with van der Waals surface area (Å²) >= 11 is 0. The normalized spacial score (nSPS) is 10.8. The molecule has 1 aromatic heterocycles. The summed E-state index contributed by atoms with van der Waals surface area (Å²) in [6.45, 7) is 2.28. The molecule has 0 aliphatic rings. The number of fused-ring (bicyclic) bond motifs is 1. The molecule has 1 aromatic carbocycles. The predicted molar refractivity (Wildman–Crippen MR) is 75.1 cm³/mol. The Bertz CT molecular complexity index is 590. The molecular formula is C13H19N5O.